The lowest BCUT2D eigenvalue weighted by Crippen LogP contribution is -2.34. The largest absolute Gasteiger partial charge is 0.496 e. The Morgan fingerprint density at radius 2 is 1.97 bits per heavy atom. The van der Waals surface area contributed by atoms with E-state index in [2.05, 4.69) is 27.1 Å². The molecule has 202 valence electrons. The molecule has 8 nitrogen and oxygen atoms in total. The van der Waals surface area contributed by atoms with Gasteiger partial charge >= 0.3 is 0 Å². The normalized spacial score (nSPS) is 14.4. The highest BCUT2D eigenvalue weighted by Crippen LogP contribution is 2.38. The third-order valence-electron chi connectivity index (χ3n) is 6.34. The fourth-order valence-corrected chi connectivity index (χ4v) is 6.28. The first-order valence-electron chi connectivity index (χ1n) is 12.6. The molecule has 0 atom stereocenters. The molecule has 2 amide bonds. The third kappa shape index (κ3) is 7.13. The molecule has 1 aromatic heterocycles. The average Bonchev–Trinajstić information content (AvgIpc) is 3.20. The average molecular weight is 554 g/mol. The number of ether oxygens (including phenoxy) is 1. The highest BCUT2D eigenvalue weighted by molar-refractivity contribution is 8.01. The fourth-order valence-electron chi connectivity index (χ4n) is 4.35. The Balaban J connectivity index is 1.48. The molecular weight excluding hydrogens is 518 g/mol. The molecule has 0 spiro atoms. The number of methoxy groups -OCH3 is 1. The van der Waals surface area contributed by atoms with Gasteiger partial charge in [0.1, 0.15) is 5.75 Å². The Bertz CT molecular complexity index is 1290. The van der Waals surface area contributed by atoms with Crippen LogP contribution in [0, 0.1) is 6.92 Å². The van der Waals surface area contributed by atoms with Crippen LogP contribution in [0.3, 0.4) is 0 Å². The van der Waals surface area contributed by atoms with Gasteiger partial charge < -0.3 is 19.4 Å². The van der Waals surface area contributed by atoms with Gasteiger partial charge in [-0.15, -0.1) is 0 Å². The summed E-state index contributed by atoms with van der Waals surface area (Å²) in [7, 11) is 7.68. The molecule has 1 aliphatic heterocycles. The molecule has 4 rings (SSSR count). The van der Waals surface area contributed by atoms with Crippen LogP contribution in [-0.2, 0) is 6.54 Å². The van der Waals surface area contributed by atoms with E-state index in [-0.39, 0.29) is 11.8 Å². The highest BCUT2D eigenvalue weighted by atomic mass is 32.2. The number of anilines is 1. The number of hydrogen-bond donors (Lipinski definition) is 1. The number of aryl methyl sites for hydroxylation is 1. The van der Waals surface area contributed by atoms with Crippen molar-refractivity contribution in [1.82, 2.24) is 19.7 Å². The van der Waals surface area contributed by atoms with Gasteiger partial charge in [0.15, 0.2) is 5.13 Å². The number of benzene rings is 2. The van der Waals surface area contributed by atoms with Crippen molar-refractivity contribution in [3.8, 4) is 5.75 Å². The first-order chi connectivity index (χ1) is 18.2. The summed E-state index contributed by atoms with van der Waals surface area (Å²) in [5.74, 6) is 0.393. The number of nitrogens with zero attached hydrogens (tertiary/aromatic N) is 4. The van der Waals surface area contributed by atoms with Crippen molar-refractivity contribution in [2.75, 3.05) is 59.7 Å². The second-order valence-electron chi connectivity index (χ2n) is 9.75. The van der Waals surface area contributed by atoms with E-state index in [1.54, 1.807) is 19.4 Å². The summed E-state index contributed by atoms with van der Waals surface area (Å²) < 4.78 is 6.51. The van der Waals surface area contributed by atoms with Crippen molar-refractivity contribution in [2.24, 2.45) is 0 Å². The summed E-state index contributed by atoms with van der Waals surface area (Å²) in [5, 5.41) is 3.45. The van der Waals surface area contributed by atoms with Crippen molar-refractivity contribution in [1.29, 1.82) is 0 Å². The molecule has 0 radical (unpaired) electrons. The first kappa shape index (κ1) is 28.1. The van der Waals surface area contributed by atoms with Gasteiger partial charge in [-0.3, -0.25) is 14.9 Å². The molecule has 0 unspecified atom stereocenters. The molecule has 2 heterocycles. The number of hydrogen-bond acceptors (Lipinski definition) is 8. The minimum Gasteiger partial charge on any atom is -0.496 e. The monoisotopic (exact) mass is 553 g/mol. The number of rotatable bonds is 8. The van der Waals surface area contributed by atoms with Crippen molar-refractivity contribution in [2.45, 2.75) is 29.0 Å². The van der Waals surface area contributed by atoms with Gasteiger partial charge in [0, 0.05) is 36.6 Å². The lowest BCUT2D eigenvalue weighted by Gasteiger charge is -2.22. The number of aromatic nitrogens is 1. The van der Waals surface area contributed by atoms with Crippen LogP contribution in [0.2, 0.25) is 0 Å². The Labute approximate surface area is 233 Å². The van der Waals surface area contributed by atoms with Gasteiger partial charge in [-0.05, 0) is 76.4 Å². The third-order valence-corrected chi connectivity index (χ3v) is 8.51. The van der Waals surface area contributed by atoms with Crippen LogP contribution in [0.5, 0.6) is 5.75 Å². The zero-order chi connectivity index (χ0) is 27.2. The van der Waals surface area contributed by atoms with Crippen molar-refractivity contribution in [3.63, 3.8) is 0 Å². The minimum absolute atomic E-state index is 0.00671. The second-order valence-corrected chi connectivity index (χ2v) is 12.1. The molecule has 10 heteroatoms. The molecule has 38 heavy (non-hydrogen) atoms. The SMILES string of the molecule is COc1cc(C)c(Sc2cnc(NC(=O)c3cccc(CN(C)C)c3)s2)cc1C(=O)N1CCCN(C)CC1. The van der Waals surface area contributed by atoms with E-state index in [0.29, 0.717) is 28.6 Å². The van der Waals surface area contributed by atoms with Crippen molar-refractivity contribution >= 4 is 40.0 Å². The summed E-state index contributed by atoms with van der Waals surface area (Å²) in [4.78, 5) is 37.9. The van der Waals surface area contributed by atoms with Crippen molar-refractivity contribution in [3.05, 3.63) is 64.8 Å². The summed E-state index contributed by atoms with van der Waals surface area (Å²) in [6.45, 7) is 6.05. The zero-order valence-corrected chi connectivity index (χ0v) is 24.2. The van der Waals surface area contributed by atoms with Gasteiger partial charge in [-0.2, -0.15) is 0 Å². The van der Waals surface area contributed by atoms with Crippen LogP contribution < -0.4 is 10.1 Å². The van der Waals surface area contributed by atoms with Crippen LogP contribution in [0.25, 0.3) is 0 Å². The Morgan fingerprint density at radius 3 is 2.74 bits per heavy atom. The second kappa shape index (κ2) is 12.8. The first-order valence-corrected chi connectivity index (χ1v) is 14.2. The van der Waals surface area contributed by atoms with Gasteiger partial charge in [0.25, 0.3) is 11.8 Å². The van der Waals surface area contributed by atoms with E-state index in [1.165, 1.54) is 23.1 Å². The van der Waals surface area contributed by atoms with Crippen LogP contribution >= 0.6 is 23.1 Å². The maximum Gasteiger partial charge on any atom is 0.257 e. The predicted molar refractivity (Wildman–Crippen MR) is 154 cm³/mol. The molecule has 0 saturated carbocycles. The Kier molecular flexibility index (Phi) is 9.43. The van der Waals surface area contributed by atoms with E-state index in [9.17, 15) is 9.59 Å². The molecule has 1 aliphatic rings. The Hall–Kier alpha value is -2.92. The molecule has 1 fully saturated rings. The lowest BCUT2D eigenvalue weighted by atomic mass is 10.1. The minimum atomic E-state index is -0.187. The van der Waals surface area contributed by atoms with Crippen LogP contribution in [-0.4, -0.2) is 85.9 Å². The molecule has 1 N–H and O–H groups in total. The summed E-state index contributed by atoms with van der Waals surface area (Å²) in [5.41, 5.74) is 3.25. The quantitative estimate of drug-likeness (QED) is 0.433. The standard InChI is InChI=1S/C28H35N5O3S2/c1-19-14-23(36-5)22(27(35)33-11-7-10-32(4)12-13-33)16-24(19)37-25-17-29-28(38-25)30-26(34)21-9-6-8-20(15-21)18-31(2)3/h6,8-9,14-17H,7,10-13,18H2,1-5H3,(H,29,30,34). The number of carbonyl (C=O) groups is 2. The molecule has 3 aromatic rings. The van der Waals surface area contributed by atoms with E-state index in [1.807, 2.05) is 56.3 Å². The molecule has 2 aromatic carbocycles. The number of amides is 2. The topological polar surface area (TPSA) is 78.0 Å². The van der Waals surface area contributed by atoms with Crippen LogP contribution in [0.15, 0.2) is 51.7 Å². The van der Waals surface area contributed by atoms with E-state index in [4.69, 9.17) is 4.74 Å². The number of nitrogens with one attached hydrogen (secondary N) is 1. The van der Waals surface area contributed by atoms with Gasteiger partial charge in [-0.1, -0.05) is 35.2 Å². The maximum atomic E-state index is 13.5. The van der Waals surface area contributed by atoms with Crippen LogP contribution in [0.4, 0.5) is 5.13 Å². The number of thiazole rings is 1. The smallest absolute Gasteiger partial charge is 0.257 e. The Morgan fingerprint density at radius 1 is 1.16 bits per heavy atom. The molecular formula is C28H35N5O3S2. The molecule has 0 bridgehead atoms. The summed E-state index contributed by atoms with van der Waals surface area (Å²) >= 11 is 2.94. The van der Waals surface area contributed by atoms with Gasteiger partial charge in [-0.25, -0.2) is 4.98 Å². The van der Waals surface area contributed by atoms with Crippen molar-refractivity contribution < 1.29 is 14.3 Å². The highest BCUT2D eigenvalue weighted by Gasteiger charge is 2.23. The van der Waals surface area contributed by atoms with E-state index < -0.39 is 0 Å². The molecule has 1 saturated heterocycles. The maximum absolute atomic E-state index is 13.5. The molecule has 0 aliphatic carbocycles. The van der Waals surface area contributed by atoms with Gasteiger partial charge in [0.2, 0.25) is 0 Å². The number of likely N-dealkylation sites (N-methyl/N-ethyl adjacent to an activating group) is 1. The summed E-state index contributed by atoms with van der Waals surface area (Å²) in [6, 6.07) is 11.5. The van der Waals surface area contributed by atoms with E-state index >= 15 is 0 Å². The number of carbonyl (C=O) groups excluding carboxylic acids is 2. The zero-order valence-electron chi connectivity index (χ0n) is 22.6. The van der Waals surface area contributed by atoms with Gasteiger partial charge in [0.05, 0.1) is 23.1 Å². The predicted octanol–water partition coefficient (Wildman–Crippen LogP) is 4.70. The lowest BCUT2D eigenvalue weighted by molar-refractivity contribution is 0.0759. The summed E-state index contributed by atoms with van der Waals surface area (Å²) in [6.07, 6.45) is 2.70. The fraction of sp³-hybridized carbons (Fsp3) is 0.393. The van der Waals surface area contributed by atoms with E-state index in [0.717, 1.165) is 52.8 Å². The van der Waals surface area contributed by atoms with Crippen LogP contribution in [0.1, 0.15) is 38.3 Å².